The average Bonchev–Trinajstić information content (AvgIpc) is 2.40. The van der Waals surface area contributed by atoms with E-state index in [0.717, 1.165) is 10.9 Å². The Hall–Kier alpha value is -0.540. The van der Waals surface area contributed by atoms with Crippen molar-refractivity contribution in [1.82, 2.24) is 4.90 Å². The van der Waals surface area contributed by atoms with Crippen molar-refractivity contribution in [1.29, 1.82) is 0 Å². The number of benzene rings is 1. The summed E-state index contributed by atoms with van der Waals surface area (Å²) < 4.78 is 0.803. The van der Waals surface area contributed by atoms with Crippen molar-refractivity contribution < 1.29 is 4.79 Å². The van der Waals surface area contributed by atoms with E-state index in [9.17, 15) is 4.79 Å². The van der Waals surface area contributed by atoms with Crippen LogP contribution in [0.5, 0.6) is 0 Å². The maximum absolute atomic E-state index is 12.6. The van der Waals surface area contributed by atoms with E-state index >= 15 is 0 Å². The van der Waals surface area contributed by atoms with E-state index in [4.69, 9.17) is 11.6 Å². The Morgan fingerprint density at radius 1 is 1.37 bits per heavy atom. The number of halogens is 2. The molecule has 4 heteroatoms. The number of carbonyl (C=O) groups is 1. The highest BCUT2D eigenvalue weighted by atomic mass is 79.9. The number of amides is 1. The van der Waals surface area contributed by atoms with Gasteiger partial charge in [-0.15, -0.1) is 0 Å². The molecule has 1 aromatic carbocycles. The molecule has 2 nitrogen and oxygen atoms in total. The predicted octanol–water partition coefficient (Wildman–Crippen LogP) is 4.75. The van der Waals surface area contributed by atoms with E-state index < -0.39 is 0 Å². The molecule has 2 unspecified atom stereocenters. The maximum atomic E-state index is 12.6. The number of nitrogens with zero attached hydrogens (tertiary/aromatic N) is 1. The highest BCUT2D eigenvalue weighted by Crippen LogP contribution is 2.30. The first-order valence-corrected chi connectivity index (χ1v) is 7.90. The zero-order valence-electron chi connectivity index (χ0n) is 11.3. The first kappa shape index (κ1) is 14.9. The van der Waals surface area contributed by atoms with Crippen molar-refractivity contribution in [3.63, 3.8) is 0 Å². The minimum absolute atomic E-state index is 0.0492. The summed E-state index contributed by atoms with van der Waals surface area (Å²) in [6.07, 6.45) is 4.80. The Labute approximate surface area is 128 Å². The molecule has 0 heterocycles. The smallest absolute Gasteiger partial charge is 0.255 e. The quantitative estimate of drug-likeness (QED) is 0.758. The average molecular weight is 345 g/mol. The van der Waals surface area contributed by atoms with Gasteiger partial charge < -0.3 is 4.90 Å². The monoisotopic (exact) mass is 343 g/mol. The van der Waals surface area contributed by atoms with Crippen molar-refractivity contribution in [2.75, 3.05) is 7.05 Å². The van der Waals surface area contributed by atoms with Crippen LogP contribution in [0, 0.1) is 5.92 Å². The lowest BCUT2D eigenvalue weighted by Crippen LogP contribution is -2.42. The van der Waals surface area contributed by atoms with Crippen LogP contribution in [0.15, 0.2) is 22.7 Å². The zero-order valence-corrected chi connectivity index (χ0v) is 13.7. The van der Waals surface area contributed by atoms with Gasteiger partial charge in [-0.2, -0.15) is 0 Å². The van der Waals surface area contributed by atoms with Crippen LogP contribution in [-0.4, -0.2) is 23.9 Å². The number of rotatable bonds is 2. The molecule has 1 aliphatic carbocycles. The van der Waals surface area contributed by atoms with Crippen LogP contribution >= 0.6 is 27.5 Å². The van der Waals surface area contributed by atoms with Gasteiger partial charge in [0.15, 0.2) is 0 Å². The molecule has 2 atom stereocenters. The lowest BCUT2D eigenvalue weighted by molar-refractivity contribution is 0.0628. The number of hydrogen-bond acceptors (Lipinski definition) is 1. The van der Waals surface area contributed by atoms with E-state index in [1.54, 1.807) is 12.1 Å². The van der Waals surface area contributed by atoms with Crippen molar-refractivity contribution in [3.05, 3.63) is 33.3 Å². The molecular formula is C15H19BrClNO. The minimum atomic E-state index is 0.0492. The molecule has 0 spiro atoms. The fourth-order valence-electron chi connectivity index (χ4n) is 2.87. The second kappa shape index (κ2) is 6.27. The molecule has 104 valence electrons. The van der Waals surface area contributed by atoms with Crippen LogP contribution in [0.3, 0.4) is 0 Å². The third kappa shape index (κ3) is 3.32. The van der Waals surface area contributed by atoms with E-state index in [1.807, 2.05) is 18.0 Å². The molecule has 1 amide bonds. The van der Waals surface area contributed by atoms with Gasteiger partial charge in [0.2, 0.25) is 0 Å². The molecule has 19 heavy (non-hydrogen) atoms. The Morgan fingerprint density at radius 2 is 2.05 bits per heavy atom. The second-order valence-corrected chi connectivity index (χ2v) is 6.66. The number of hydrogen-bond donors (Lipinski definition) is 0. The minimum Gasteiger partial charge on any atom is -0.338 e. The molecular weight excluding hydrogens is 326 g/mol. The van der Waals surface area contributed by atoms with Crippen LogP contribution in [0.4, 0.5) is 0 Å². The Morgan fingerprint density at radius 3 is 2.74 bits per heavy atom. The molecule has 0 aliphatic heterocycles. The van der Waals surface area contributed by atoms with Crippen molar-refractivity contribution in [3.8, 4) is 0 Å². The third-order valence-electron chi connectivity index (χ3n) is 4.04. The van der Waals surface area contributed by atoms with Crippen LogP contribution in [0.1, 0.15) is 43.0 Å². The van der Waals surface area contributed by atoms with Crippen LogP contribution < -0.4 is 0 Å². The highest BCUT2D eigenvalue weighted by Gasteiger charge is 2.29. The molecule has 0 N–H and O–H groups in total. The van der Waals surface area contributed by atoms with Crippen LogP contribution in [0.25, 0.3) is 0 Å². The normalized spacial score (nSPS) is 23.2. The fourth-order valence-corrected chi connectivity index (χ4v) is 3.46. The fraction of sp³-hybridized carbons (Fsp3) is 0.533. The van der Waals surface area contributed by atoms with Crippen molar-refractivity contribution >= 4 is 33.4 Å². The predicted molar refractivity (Wildman–Crippen MR) is 82.7 cm³/mol. The summed E-state index contributed by atoms with van der Waals surface area (Å²) in [4.78, 5) is 14.5. The molecule has 0 radical (unpaired) electrons. The Balaban J connectivity index is 2.20. The van der Waals surface area contributed by atoms with Gasteiger partial charge in [0.05, 0.1) is 5.56 Å². The van der Waals surface area contributed by atoms with Gasteiger partial charge in [-0.1, -0.05) is 31.4 Å². The van der Waals surface area contributed by atoms with E-state index in [-0.39, 0.29) is 5.91 Å². The molecule has 1 fully saturated rings. The molecule has 1 aliphatic rings. The Bertz CT molecular complexity index is 477. The zero-order chi connectivity index (χ0) is 14.0. The standard InChI is InChI=1S/C15H19BrClNO/c1-10-5-3-4-6-14(10)18(2)15(19)12-9-11(17)7-8-13(12)16/h7-10,14H,3-6H2,1-2H3. The lowest BCUT2D eigenvalue weighted by atomic mass is 9.85. The maximum Gasteiger partial charge on any atom is 0.255 e. The van der Waals surface area contributed by atoms with Gasteiger partial charge in [0, 0.05) is 22.6 Å². The molecule has 0 aromatic heterocycles. The lowest BCUT2D eigenvalue weighted by Gasteiger charge is -2.36. The topological polar surface area (TPSA) is 20.3 Å². The van der Waals surface area contributed by atoms with Crippen molar-refractivity contribution in [2.45, 2.75) is 38.6 Å². The SMILES string of the molecule is CC1CCCCC1N(C)C(=O)c1cc(Cl)ccc1Br. The van der Waals surface area contributed by atoms with E-state index in [2.05, 4.69) is 22.9 Å². The van der Waals surface area contributed by atoms with Gasteiger partial charge >= 0.3 is 0 Å². The summed E-state index contributed by atoms with van der Waals surface area (Å²) in [6.45, 7) is 2.24. The Kier molecular flexibility index (Phi) is 4.91. The van der Waals surface area contributed by atoms with Crippen molar-refractivity contribution in [2.24, 2.45) is 5.92 Å². The highest BCUT2D eigenvalue weighted by molar-refractivity contribution is 9.10. The van der Waals surface area contributed by atoms with Crippen LogP contribution in [0.2, 0.25) is 5.02 Å². The molecule has 1 aromatic rings. The summed E-state index contributed by atoms with van der Waals surface area (Å²) in [5.74, 6) is 0.619. The molecule has 2 rings (SSSR count). The number of carbonyl (C=O) groups excluding carboxylic acids is 1. The summed E-state index contributed by atoms with van der Waals surface area (Å²) in [5.41, 5.74) is 0.646. The van der Waals surface area contributed by atoms with Gasteiger partial charge in [-0.05, 0) is 52.9 Å². The molecule has 0 bridgehead atoms. The molecule has 1 saturated carbocycles. The van der Waals surface area contributed by atoms with Crippen LogP contribution in [-0.2, 0) is 0 Å². The van der Waals surface area contributed by atoms with Gasteiger partial charge in [-0.3, -0.25) is 4.79 Å². The van der Waals surface area contributed by atoms with Gasteiger partial charge in [0.25, 0.3) is 5.91 Å². The van der Waals surface area contributed by atoms with E-state index in [1.165, 1.54) is 19.3 Å². The first-order chi connectivity index (χ1) is 9.00. The summed E-state index contributed by atoms with van der Waals surface area (Å²) in [7, 11) is 1.90. The first-order valence-electron chi connectivity index (χ1n) is 6.73. The summed E-state index contributed by atoms with van der Waals surface area (Å²) >= 11 is 9.42. The van der Waals surface area contributed by atoms with E-state index in [0.29, 0.717) is 22.5 Å². The third-order valence-corrected chi connectivity index (χ3v) is 4.97. The summed E-state index contributed by atoms with van der Waals surface area (Å²) in [5, 5.41) is 0.594. The summed E-state index contributed by atoms with van der Waals surface area (Å²) in [6, 6.07) is 5.68. The largest absolute Gasteiger partial charge is 0.338 e. The van der Waals surface area contributed by atoms with Gasteiger partial charge in [-0.25, -0.2) is 0 Å². The van der Waals surface area contributed by atoms with Gasteiger partial charge in [0.1, 0.15) is 0 Å². The second-order valence-electron chi connectivity index (χ2n) is 5.37. The molecule has 0 saturated heterocycles.